The molecular weight excluding hydrogens is 402 g/mol. The van der Waals surface area contributed by atoms with Gasteiger partial charge >= 0.3 is 5.97 Å². The number of carbonyl (C=O) groups excluding carboxylic acids is 1. The van der Waals surface area contributed by atoms with Crippen molar-refractivity contribution in [2.75, 3.05) is 17.8 Å². The summed E-state index contributed by atoms with van der Waals surface area (Å²) in [6, 6.07) is 8.74. The smallest absolute Gasteiger partial charge is 0.344 e. The van der Waals surface area contributed by atoms with Crippen LogP contribution in [0.1, 0.15) is 36.8 Å². The second-order valence-corrected chi connectivity index (χ2v) is 7.60. The molecule has 4 rings (SSSR count). The Bertz CT molecular complexity index is 1210. The summed E-state index contributed by atoms with van der Waals surface area (Å²) in [5.74, 6) is 0.970. The number of nitrogens with one attached hydrogen (secondary N) is 1. The number of nitrogens with zero attached hydrogens (tertiary/aromatic N) is 5. The van der Waals surface area contributed by atoms with Crippen molar-refractivity contribution in [3.05, 3.63) is 41.7 Å². The van der Waals surface area contributed by atoms with Gasteiger partial charge in [0.25, 0.3) is 5.95 Å². The molecule has 3 heterocycles. The molecule has 11 heteroatoms. The number of aromatic nitrogens is 4. The lowest BCUT2D eigenvalue weighted by molar-refractivity contribution is 0.00708. The van der Waals surface area contributed by atoms with Crippen LogP contribution >= 0.6 is 0 Å². The molecule has 0 saturated carbocycles. The van der Waals surface area contributed by atoms with E-state index in [1.54, 1.807) is 39.0 Å². The molecule has 1 aromatic carbocycles. The van der Waals surface area contributed by atoms with Crippen LogP contribution in [0.2, 0.25) is 0 Å². The van der Waals surface area contributed by atoms with E-state index >= 15 is 0 Å². The highest BCUT2D eigenvalue weighted by Gasteiger charge is 2.24. The number of hydrogen-bond acceptors (Lipinski definition) is 10. The summed E-state index contributed by atoms with van der Waals surface area (Å²) in [6.07, 6.45) is 1.27. The number of carbonyl (C=O) groups is 1. The van der Waals surface area contributed by atoms with Crippen molar-refractivity contribution in [1.82, 2.24) is 19.7 Å². The minimum Gasteiger partial charge on any atom is -0.456 e. The van der Waals surface area contributed by atoms with Crippen molar-refractivity contribution in [2.24, 2.45) is 0 Å². The summed E-state index contributed by atoms with van der Waals surface area (Å²) in [5, 5.41) is 16.6. The van der Waals surface area contributed by atoms with E-state index in [0.29, 0.717) is 23.0 Å². The topological polar surface area (TPSA) is 150 Å². The Balaban J connectivity index is 1.66. The van der Waals surface area contributed by atoms with Crippen LogP contribution in [-0.4, -0.2) is 38.1 Å². The number of ether oxygens (including phenoxy) is 3. The molecule has 158 valence electrons. The molecule has 0 spiro atoms. The molecule has 3 aromatic rings. The monoisotopic (exact) mass is 421 g/mol. The Kier molecular flexibility index (Phi) is 4.82. The van der Waals surface area contributed by atoms with E-state index < -0.39 is 11.6 Å². The van der Waals surface area contributed by atoms with Gasteiger partial charge in [0.1, 0.15) is 34.6 Å². The summed E-state index contributed by atoms with van der Waals surface area (Å²) < 4.78 is 17.2. The Morgan fingerprint density at radius 1 is 1.26 bits per heavy atom. The van der Waals surface area contributed by atoms with Crippen molar-refractivity contribution >= 4 is 23.3 Å². The molecule has 0 atom stereocenters. The van der Waals surface area contributed by atoms with Gasteiger partial charge in [-0.25, -0.2) is 4.79 Å². The van der Waals surface area contributed by atoms with Gasteiger partial charge in [-0.1, -0.05) is 0 Å². The zero-order chi connectivity index (χ0) is 22.2. The molecule has 1 aliphatic heterocycles. The second kappa shape index (κ2) is 7.49. The Morgan fingerprint density at radius 2 is 2.03 bits per heavy atom. The van der Waals surface area contributed by atoms with Gasteiger partial charge in [0.15, 0.2) is 11.5 Å². The van der Waals surface area contributed by atoms with Crippen LogP contribution in [-0.2, 0) is 4.74 Å². The lowest BCUT2D eigenvalue weighted by Crippen LogP contribution is -2.24. The molecule has 0 amide bonds. The van der Waals surface area contributed by atoms with E-state index in [1.807, 2.05) is 6.07 Å². The molecule has 0 aliphatic carbocycles. The number of nitrogens with two attached hydrogens (primary N) is 1. The fraction of sp³-hybridized carbons (Fsp3) is 0.250. The number of benzene rings is 1. The van der Waals surface area contributed by atoms with E-state index in [-0.39, 0.29) is 29.8 Å². The minimum atomic E-state index is -0.690. The van der Waals surface area contributed by atoms with Gasteiger partial charge in [0.05, 0.1) is 6.20 Å². The maximum absolute atomic E-state index is 12.4. The molecular formula is C20H19N7O4. The summed E-state index contributed by atoms with van der Waals surface area (Å²) >= 11 is 0. The van der Waals surface area contributed by atoms with E-state index in [0.717, 1.165) is 0 Å². The standard InChI is InChI=1S/C20H19N7O4/c1-20(2,3)31-18(28)13-9-23-27(17(13)22)19-25-12(8-21)7-16(26-19)24-11-4-5-14-15(6-11)30-10-29-14/h4-7,9H,10,22H2,1-3H3,(H,24,25,26). The average molecular weight is 421 g/mol. The predicted molar refractivity (Wildman–Crippen MR) is 109 cm³/mol. The van der Waals surface area contributed by atoms with Crippen LogP contribution in [0.4, 0.5) is 17.3 Å². The van der Waals surface area contributed by atoms with Gasteiger partial charge in [-0.05, 0) is 32.9 Å². The molecule has 3 N–H and O–H groups in total. The van der Waals surface area contributed by atoms with Crippen molar-refractivity contribution in [1.29, 1.82) is 5.26 Å². The van der Waals surface area contributed by atoms with Crippen LogP contribution < -0.4 is 20.5 Å². The highest BCUT2D eigenvalue weighted by atomic mass is 16.7. The van der Waals surface area contributed by atoms with Crippen molar-refractivity contribution in [2.45, 2.75) is 26.4 Å². The summed E-state index contributed by atoms with van der Waals surface area (Å²) in [6.45, 7) is 5.41. The van der Waals surface area contributed by atoms with E-state index in [2.05, 4.69) is 20.4 Å². The molecule has 11 nitrogen and oxygen atoms in total. The zero-order valence-electron chi connectivity index (χ0n) is 17.0. The molecule has 0 radical (unpaired) electrons. The van der Waals surface area contributed by atoms with Gasteiger partial charge in [-0.2, -0.15) is 25.0 Å². The molecule has 31 heavy (non-hydrogen) atoms. The average Bonchev–Trinajstić information content (AvgIpc) is 3.32. The number of fused-ring (bicyclic) bond motifs is 1. The Morgan fingerprint density at radius 3 is 2.77 bits per heavy atom. The lowest BCUT2D eigenvalue weighted by atomic mass is 10.2. The lowest BCUT2D eigenvalue weighted by Gasteiger charge is -2.19. The van der Waals surface area contributed by atoms with Crippen molar-refractivity contribution in [3.63, 3.8) is 0 Å². The third-order valence-electron chi connectivity index (χ3n) is 4.09. The van der Waals surface area contributed by atoms with Crippen LogP contribution in [0.5, 0.6) is 11.5 Å². The highest BCUT2D eigenvalue weighted by molar-refractivity contribution is 5.94. The quantitative estimate of drug-likeness (QED) is 0.601. The number of nitrogen functional groups attached to an aromatic ring is 1. The van der Waals surface area contributed by atoms with Gasteiger partial charge < -0.3 is 25.3 Å². The van der Waals surface area contributed by atoms with Crippen molar-refractivity contribution < 1.29 is 19.0 Å². The molecule has 2 aromatic heterocycles. The highest BCUT2D eigenvalue weighted by Crippen LogP contribution is 2.35. The van der Waals surface area contributed by atoms with Crippen LogP contribution in [0.3, 0.4) is 0 Å². The van der Waals surface area contributed by atoms with Gasteiger partial charge in [0, 0.05) is 17.8 Å². The number of anilines is 3. The van der Waals surface area contributed by atoms with Crippen LogP contribution in [0.15, 0.2) is 30.5 Å². The summed E-state index contributed by atoms with van der Waals surface area (Å²) in [4.78, 5) is 20.9. The molecule has 0 unspecified atom stereocenters. The third kappa shape index (κ3) is 4.18. The van der Waals surface area contributed by atoms with E-state index in [1.165, 1.54) is 16.9 Å². The van der Waals surface area contributed by atoms with E-state index in [4.69, 9.17) is 19.9 Å². The van der Waals surface area contributed by atoms with E-state index in [9.17, 15) is 10.1 Å². The first kappa shape index (κ1) is 20.0. The van der Waals surface area contributed by atoms with Gasteiger partial charge in [0.2, 0.25) is 6.79 Å². The zero-order valence-corrected chi connectivity index (χ0v) is 17.0. The fourth-order valence-electron chi connectivity index (χ4n) is 2.78. The largest absolute Gasteiger partial charge is 0.456 e. The molecule has 0 saturated heterocycles. The Labute approximate surface area is 177 Å². The number of rotatable bonds is 4. The SMILES string of the molecule is CC(C)(C)OC(=O)c1cnn(-c2nc(C#N)cc(Nc3ccc4c(c3)OCO4)n2)c1N. The first-order valence-corrected chi connectivity index (χ1v) is 9.26. The van der Waals surface area contributed by atoms with Crippen molar-refractivity contribution in [3.8, 4) is 23.5 Å². The van der Waals surface area contributed by atoms with Crippen LogP contribution in [0.25, 0.3) is 5.95 Å². The first-order chi connectivity index (χ1) is 14.7. The summed E-state index contributed by atoms with van der Waals surface area (Å²) in [7, 11) is 0. The number of esters is 1. The normalized spacial score (nSPS) is 12.3. The fourth-order valence-corrected chi connectivity index (χ4v) is 2.78. The van der Waals surface area contributed by atoms with Gasteiger partial charge in [-0.3, -0.25) is 0 Å². The first-order valence-electron chi connectivity index (χ1n) is 9.26. The maximum Gasteiger partial charge on any atom is 0.344 e. The number of nitriles is 1. The Hall–Kier alpha value is -4.33. The molecule has 1 aliphatic rings. The maximum atomic E-state index is 12.4. The van der Waals surface area contributed by atoms with Gasteiger partial charge in [-0.15, -0.1) is 0 Å². The minimum absolute atomic E-state index is 0.00151. The molecule has 0 bridgehead atoms. The summed E-state index contributed by atoms with van der Waals surface area (Å²) in [5.41, 5.74) is 6.23. The van der Waals surface area contributed by atoms with Crippen LogP contribution in [0, 0.1) is 11.3 Å². The third-order valence-corrected chi connectivity index (χ3v) is 4.09. The predicted octanol–water partition coefficient (Wildman–Crippen LogP) is 2.54. The molecule has 0 fully saturated rings. The number of hydrogen-bond donors (Lipinski definition) is 2. The second-order valence-electron chi connectivity index (χ2n) is 7.60.